The Bertz CT molecular complexity index is 823. The molecule has 0 aliphatic carbocycles. The zero-order chi connectivity index (χ0) is 17.6. The van der Waals surface area contributed by atoms with E-state index in [1.54, 1.807) is 0 Å². The first-order valence-corrected chi connectivity index (χ1v) is 9.31. The molecule has 0 atom stereocenters. The summed E-state index contributed by atoms with van der Waals surface area (Å²) in [5, 5.41) is 4.32. The van der Waals surface area contributed by atoms with Crippen LogP contribution in [0.4, 0.5) is 5.95 Å². The first-order chi connectivity index (χ1) is 12.2. The minimum atomic E-state index is 0.692. The second-order valence-electron chi connectivity index (χ2n) is 6.11. The predicted octanol–water partition coefficient (Wildman–Crippen LogP) is 4.06. The zero-order valence-corrected chi connectivity index (χ0v) is 15.7. The molecule has 132 valence electrons. The van der Waals surface area contributed by atoms with Gasteiger partial charge in [0.1, 0.15) is 11.0 Å². The van der Waals surface area contributed by atoms with E-state index in [1.807, 2.05) is 18.2 Å². The van der Waals surface area contributed by atoms with Crippen molar-refractivity contribution in [3.05, 3.63) is 59.1 Å². The lowest BCUT2D eigenvalue weighted by Gasteiger charge is -2.17. The summed E-state index contributed by atoms with van der Waals surface area (Å²) in [6.45, 7) is 9.22. The van der Waals surface area contributed by atoms with Crippen molar-refractivity contribution in [2.24, 2.45) is 0 Å². The van der Waals surface area contributed by atoms with Gasteiger partial charge in [0.15, 0.2) is 0 Å². The third-order valence-electron chi connectivity index (χ3n) is 4.66. The van der Waals surface area contributed by atoms with Gasteiger partial charge in [0, 0.05) is 17.1 Å². The monoisotopic (exact) mass is 357 g/mol. The molecule has 0 fully saturated rings. The average molecular weight is 358 g/mol. The molecular weight excluding hydrogens is 332 g/mol. The van der Waals surface area contributed by atoms with Crippen LogP contribution >= 0.6 is 11.6 Å². The third-order valence-corrected chi connectivity index (χ3v) is 5.02. The number of rotatable bonds is 8. The van der Waals surface area contributed by atoms with Crippen molar-refractivity contribution < 1.29 is 4.57 Å². The lowest BCUT2D eigenvalue weighted by Crippen LogP contribution is -2.42. The summed E-state index contributed by atoms with van der Waals surface area (Å²) < 4.78 is 2.32. The number of aromatic amines is 1. The molecule has 1 aromatic heterocycles. The van der Waals surface area contributed by atoms with E-state index in [0.29, 0.717) is 6.54 Å². The molecule has 0 saturated heterocycles. The molecule has 4 nitrogen and oxygen atoms in total. The first kappa shape index (κ1) is 17.8. The maximum atomic E-state index is 6.29. The maximum Gasteiger partial charge on any atom is 0.356 e. The number of H-pyrrole nitrogens is 1. The third kappa shape index (κ3) is 4.14. The molecule has 5 heteroatoms. The molecule has 0 aliphatic rings. The number of aromatic nitrogens is 2. The van der Waals surface area contributed by atoms with E-state index in [-0.39, 0.29) is 0 Å². The van der Waals surface area contributed by atoms with E-state index >= 15 is 0 Å². The Hall–Kier alpha value is -2.04. The number of imidazole rings is 1. The van der Waals surface area contributed by atoms with Gasteiger partial charge < -0.3 is 4.90 Å². The number of likely N-dealkylation sites (N-methyl/N-ethyl adjacent to an activating group) is 1. The molecule has 2 N–H and O–H groups in total. The van der Waals surface area contributed by atoms with Gasteiger partial charge in [0.2, 0.25) is 0 Å². The molecule has 3 aromatic rings. The second-order valence-corrected chi connectivity index (χ2v) is 6.52. The number of benzene rings is 2. The van der Waals surface area contributed by atoms with E-state index < -0.39 is 0 Å². The van der Waals surface area contributed by atoms with Gasteiger partial charge in [0.25, 0.3) is 0 Å². The van der Waals surface area contributed by atoms with E-state index in [1.165, 1.54) is 5.52 Å². The standard InChI is InChI=1S/C20H25ClN4/c1-3-24(4-2)13-14-25-19-12-8-7-11-18(19)23-20(25)22-15-16-9-5-6-10-17(16)21/h5-12H,3-4,13-15H2,1-2H3,(H,22,23)/p+1. The minimum absolute atomic E-state index is 0.692. The summed E-state index contributed by atoms with van der Waals surface area (Å²) >= 11 is 6.29. The summed E-state index contributed by atoms with van der Waals surface area (Å²) in [6.07, 6.45) is 0. The average Bonchev–Trinajstić information content (AvgIpc) is 2.99. The van der Waals surface area contributed by atoms with Gasteiger partial charge in [0.05, 0.1) is 13.1 Å². The minimum Gasteiger partial charge on any atom is -0.301 e. The molecular formula is C20H26ClN4+. The van der Waals surface area contributed by atoms with Crippen molar-refractivity contribution in [2.45, 2.75) is 26.9 Å². The Labute approximate surface area is 154 Å². The van der Waals surface area contributed by atoms with Crippen LogP contribution in [0.1, 0.15) is 19.4 Å². The number of hydrogen-bond donors (Lipinski definition) is 2. The predicted molar refractivity (Wildman–Crippen MR) is 105 cm³/mol. The molecule has 0 amide bonds. The van der Waals surface area contributed by atoms with Crippen molar-refractivity contribution in [1.82, 2.24) is 9.88 Å². The van der Waals surface area contributed by atoms with Crippen LogP contribution in [0, 0.1) is 0 Å². The van der Waals surface area contributed by atoms with Gasteiger partial charge in [-0.05, 0) is 31.3 Å². The largest absolute Gasteiger partial charge is 0.356 e. The van der Waals surface area contributed by atoms with Crippen LogP contribution in [0.5, 0.6) is 0 Å². The smallest absolute Gasteiger partial charge is 0.301 e. The number of para-hydroxylation sites is 2. The Balaban J connectivity index is 1.83. The van der Waals surface area contributed by atoms with Crippen molar-refractivity contribution in [2.75, 3.05) is 25.0 Å². The fourth-order valence-corrected chi connectivity index (χ4v) is 3.31. The molecule has 0 spiro atoms. The molecule has 3 rings (SSSR count). The van der Waals surface area contributed by atoms with Crippen LogP contribution in [0.2, 0.25) is 5.02 Å². The van der Waals surface area contributed by atoms with Crippen molar-refractivity contribution in [3.8, 4) is 0 Å². The second kappa shape index (κ2) is 8.37. The lowest BCUT2D eigenvalue weighted by atomic mass is 10.2. The van der Waals surface area contributed by atoms with Gasteiger partial charge in [-0.25, -0.2) is 9.55 Å². The zero-order valence-electron chi connectivity index (χ0n) is 14.9. The fourth-order valence-electron chi connectivity index (χ4n) is 3.10. The van der Waals surface area contributed by atoms with E-state index in [9.17, 15) is 0 Å². The Morgan fingerprint density at radius 3 is 2.52 bits per heavy atom. The number of anilines is 1. The van der Waals surface area contributed by atoms with Gasteiger partial charge in [-0.15, -0.1) is 0 Å². The fraction of sp³-hybridized carbons (Fsp3) is 0.350. The quantitative estimate of drug-likeness (QED) is 0.596. The van der Waals surface area contributed by atoms with Gasteiger partial charge in [-0.1, -0.05) is 55.8 Å². The normalized spacial score (nSPS) is 11.4. The highest BCUT2D eigenvalue weighted by molar-refractivity contribution is 6.31. The Morgan fingerprint density at radius 2 is 1.76 bits per heavy atom. The molecule has 0 aliphatic heterocycles. The molecule has 0 bridgehead atoms. The van der Waals surface area contributed by atoms with Crippen LogP contribution in [-0.2, 0) is 13.1 Å². The van der Waals surface area contributed by atoms with Crippen LogP contribution in [-0.4, -0.2) is 29.5 Å². The van der Waals surface area contributed by atoms with Gasteiger partial charge in [-0.2, -0.15) is 0 Å². The first-order valence-electron chi connectivity index (χ1n) is 8.93. The number of hydrogen-bond acceptors (Lipinski definition) is 2. The number of nitrogens with one attached hydrogen (secondary N) is 2. The van der Waals surface area contributed by atoms with Gasteiger partial charge in [-0.3, -0.25) is 5.32 Å². The highest BCUT2D eigenvalue weighted by atomic mass is 35.5. The SMILES string of the molecule is CCN(CC)CC[n+]1c(NCc2ccccc2Cl)[nH]c2ccccc21. The summed E-state index contributed by atoms with van der Waals surface area (Å²) in [5.41, 5.74) is 3.46. The van der Waals surface area contributed by atoms with Crippen LogP contribution in [0.15, 0.2) is 48.5 Å². The number of halogens is 1. The highest BCUT2D eigenvalue weighted by Crippen LogP contribution is 2.17. The van der Waals surface area contributed by atoms with Crippen molar-refractivity contribution in [3.63, 3.8) is 0 Å². The molecule has 0 radical (unpaired) electrons. The Kier molecular flexibility index (Phi) is 5.95. The molecule has 0 unspecified atom stereocenters. The summed E-state index contributed by atoms with van der Waals surface area (Å²) in [5.74, 6) is 1.02. The Morgan fingerprint density at radius 1 is 1.04 bits per heavy atom. The van der Waals surface area contributed by atoms with Crippen molar-refractivity contribution >= 4 is 28.6 Å². The summed E-state index contributed by atoms with van der Waals surface area (Å²) in [7, 11) is 0. The maximum absolute atomic E-state index is 6.29. The van der Waals surface area contributed by atoms with Gasteiger partial charge >= 0.3 is 5.95 Å². The molecule has 25 heavy (non-hydrogen) atoms. The molecule has 1 heterocycles. The molecule has 2 aromatic carbocycles. The van der Waals surface area contributed by atoms with E-state index in [2.05, 4.69) is 63.9 Å². The summed E-state index contributed by atoms with van der Waals surface area (Å²) in [4.78, 5) is 5.94. The van der Waals surface area contributed by atoms with E-state index in [4.69, 9.17) is 11.6 Å². The lowest BCUT2D eigenvalue weighted by molar-refractivity contribution is -0.656. The molecule has 0 saturated carbocycles. The van der Waals surface area contributed by atoms with E-state index in [0.717, 1.165) is 48.2 Å². The van der Waals surface area contributed by atoms with Crippen LogP contribution < -0.4 is 9.88 Å². The number of fused-ring (bicyclic) bond motifs is 1. The highest BCUT2D eigenvalue weighted by Gasteiger charge is 2.17. The number of nitrogens with zero attached hydrogens (tertiary/aromatic N) is 2. The summed E-state index contributed by atoms with van der Waals surface area (Å²) in [6, 6.07) is 16.4. The topological polar surface area (TPSA) is 34.9 Å². The van der Waals surface area contributed by atoms with Crippen LogP contribution in [0.3, 0.4) is 0 Å². The van der Waals surface area contributed by atoms with Crippen LogP contribution in [0.25, 0.3) is 11.0 Å². The van der Waals surface area contributed by atoms with Crippen molar-refractivity contribution in [1.29, 1.82) is 0 Å².